The third-order valence-corrected chi connectivity index (χ3v) is 5.86. The van der Waals surface area contributed by atoms with Crippen LogP contribution < -0.4 is 5.32 Å². The molecule has 8 heteroatoms. The van der Waals surface area contributed by atoms with E-state index in [1.165, 1.54) is 29.8 Å². The van der Waals surface area contributed by atoms with Crippen LogP contribution in [0.15, 0.2) is 59.4 Å². The number of nitrogens with zero attached hydrogens (tertiary/aromatic N) is 2. The van der Waals surface area contributed by atoms with E-state index in [0.29, 0.717) is 10.8 Å². The Kier molecular flexibility index (Phi) is 5.75. The van der Waals surface area contributed by atoms with Gasteiger partial charge in [0.25, 0.3) is 5.91 Å². The van der Waals surface area contributed by atoms with E-state index < -0.39 is 6.10 Å². The predicted octanol–water partition coefficient (Wildman–Crippen LogP) is 4.50. The Morgan fingerprint density at radius 2 is 2.00 bits per heavy atom. The maximum Gasteiger partial charge on any atom is 0.259 e. The zero-order valence-electron chi connectivity index (χ0n) is 15.5. The van der Waals surface area contributed by atoms with Gasteiger partial charge in [-0.15, -0.1) is 11.3 Å². The van der Waals surface area contributed by atoms with Crippen molar-refractivity contribution in [3.05, 3.63) is 76.2 Å². The van der Waals surface area contributed by atoms with E-state index in [0.717, 1.165) is 21.3 Å². The molecule has 4 rings (SSSR count). The van der Waals surface area contributed by atoms with Crippen molar-refractivity contribution in [1.82, 2.24) is 9.97 Å². The van der Waals surface area contributed by atoms with Crippen molar-refractivity contribution in [1.29, 1.82) is 0 Å². The number of ketones is 1. The summed E-state index contributed by atoms with van der Waals surface area (Å²) in [6.45, 7) is 0. The lowest BCUT2D eigenvalue weighted by Gasteiger charge is -2.14. The molecule has 1 unspecified atom stereocenters. The van der Waals surface area contributed by atoms with Crippen LogP contribution in [-0.4, -0.2) is 28.8 Å². The molecule has 1 amide bonds. The first-order chi connectivity index (χ1) is 14.1. The van der Waals surface area contributed by atoms with Crippen LogP contribution in [0.5, 0.6) is 0 Å². The number of anilines is 1. The summed E-state index contributed by atoms with van der Waals surface area (Å²) in [5.74, 6) is -0.300. The topological polar surface area (TPSA) is 81.2 Å². The molecule has 0 aliphatic rings. The fraction of sp³-hybridized carbons (Fsp3) is 0.143. The van der Waals surface area contributed by atoms with Crippen LogP contribution in [0.2, 0.25) is 0 Å². The number of amides is 1. The molecule has 0 saturated heterocycles. The minimum atomic E-state index is -0.713. The summed E-state index contributed by atoms with van der Waals surface area (Å²) in [5, 5.41) is 5.07. The minimum Gasteiger partial charge on any atom is -0.367 e. The highest BCUT2D eigenvalue weighted by molar-refractivity contribution is 7.22. The van der Waals surface area contributed by atoms with Gasteiger partial charge in [0.15, 0.2) is 17.0 Å². The zero-order valence-corrected chi connectivity index (χ0v) is 17.1. The normalized spacial score (nSPS) is 12.0. The smallest absolute Gasteiger partial charge is 0.259 e. The fourth-order valence-electron chi connectivity index (χ4n) is 2.95. The van der Waals surface area contributed by atoms with Crippen molar-refractivity contribution in [3.63, 3.8) is 0 Å². The Morgan fingerprint density at radius 3 is 2.72 bits per heavy atom. The first-order valence-corrected chi connectivity index (χ1v) is 10.6. The summed E-state index contributed by atoms with van der Waals surface area (Å²) in [6.07, 6.45) is -0.437. The monoisotopic (exact) mass is 423 g/mol. The standard InChI is InChI=1S/C21H17N3O3S2/c1-27-19(14-5-3-2-4-6-14)20(26)24-21-23-15-8-7-13(10-18(15)29-21)9-17(25)16-11-28-12-22-16/h2-8,10-12,19H,9H2,1H3,(H,23,24,26). The summed E-state index contributed by atoms with van der Waals surface area (Å²) in [7, 11) is 1.50. The SMILES string of the molecule is COC(C(=O)Nc1nc2ccc(CC(=O)c3cscn3)cc2s1)c1ccccc1. The number of methoxy groups -OCH3 is 1. The maximum atomic E-state index is 12.6. The van der Waals surface area contributed by atoms with Crippen LogP contribution in [0.25, 0.3) is 10.2 Å². The highest BCUT2D eigenvalue weighted by atomic mass is 32.1. The Morgan fingerprint density at radius 1 is 1.17 bits per heavy atom. The molecule has 6 nitrogen and oxygen atoms in total. The molecule has 29 heavy (non-hydrogen) atoms. The highest BCUT2D eigenvalue weighted by Crippen LogP contribution is 2.28. The number of ether oxygens (including phenoxy) is 1. The first kappa shape index (κ1) is 19.4. The van der Waals surface area contributed by atoms with Crippen LogP contribution in [0.4, 0.5) is 5.13 Å². The van der Waals surface area contributed by atoms with E-state index in [1.807, 2.05) is 48.5 Å². The molecule has 0 spiro atoms. The number of aromatic nitrogens is 2. The second-order valence-corrected chi connectivity index (χ2v) is 8.06. The van der Waals surface area contributed by atoms with Crippen LogP contribution in [0, 0.1) is 0 Å². The molecular weight excluding hydrogens is 406 g/mol. The molecule has 0 bridgehead atoms. The number of Topliss-reactive ketones (excluding diaryl/α,β-unsaturated/α-hetero) is 1. The third-order valence-electron chi connectivity index (χ3n) is 4.34. The summed E-state index contributed by atoms with van der Waals surface area (Å²) in [4.78, 5) is 33.4. The van der Waals surface area contributed by atoms with Gasteiger partial charge in [0.1, 0.15) is 5.69 Å². The molecule has 0 radical (unpaired) electrons. The van der Waals surface area contributed by atoms with E-state index in [-0.39, 0.29) is 18.1 Å². The number of benzene rings is 2. The molecule has 0 saturated carbocycles. The number of hydrogen-bond donors (Lipinski definition) is 1. The molecular formula is C21H17N3O3S2. The van der Waals surface area contributed by atoms with Crippen molar-refractivity contribution >= 4 is 49.7 Å². The largest absolute Gasteiger partial charge is 0.367 e. The summed E-state index contributed by atoms with van der Waals surface area (Å²) < 4.78 is 6.27. The number of hydrogen-bond acceptors (Lipinski definition) is 7. The predicted molar refractivity (Wildman–Crippen MR) is 115 cm³/mol. The Labute approximate surface area is 175 Å². The van der Waals surface area contributed by atoms with Crippen LogP contribution in [0.1, 0.15) is 27.7 Å². The second-order valence-electron chi connectivity index (χ2n) is 6.31. The van der Waals surface area contributed by atoms with E-state index in [2.05, 4.69) is 15.3 Å². The third kappa shape index (κ3) is 4.40. The van der Waals surface area contributed by atoms with Gasteiger partial charge in [-0.3, -0.25) is 14.9 Å². The molecule has 1 N–H and O–H groups in total. The lowest BCUT2D eigenvalue weighted by Crippen LogP contribution is -2.22. The number of fused-ring (bicyclic) bond motifs is 1. The summed E-state index contributed by atoms with van der Waals surface area (Å²) >= 11 is 2.77. The molecule has 146 valence electrons. The van der Waals surface area contributed by atoms with Gasteiger partial charge in [0.05, 0.1) is 15.7 Å². The zero-order chi connectivity index (χ0) is 20.2. The van der Waals surface area contributed by atoms with Gasteiger partial charge in [-0.05, 0) is 23.3 Å². The first-order valence-electron chi connectivity index (χ1n) is 8.83. The Bertz CT molecular complexity index is 1140. The average Bonchev–Trinajstić information content (AvgIpc) is 3.38. The molecule has 2 aromatic heterocycles. The molecule has 1 atom stereocenters. The van der Waals surface area contributed by atoms with Crippen molar-refractivity contribution in [2.45, 2.75) is 12.5 Å². The van der Waals surface area contributed by atoms with E-state index in [4.69, 9.17) is 4.74 Å². The minimum absolute atomic E-state index is 0.0190. The Balaban J connectivity index is 1.50. The highest BCUT2D eigenvalue weighted by Gasteiger charge is 2.21. The van der Waals surface area contributed by atoms with Crippen LogP contribution >= 0.6 is 22.7 Å². The molecule has 0 fully saturated rings. The van der Waals surface area contributed by atoms with Gasteiger partial charge < -0.3 is 4.74 Å². The lowest BCUT2D eigenvalue weighted by molar-refractivity contribution is -0.126. The van der Waals surface area contributed by atoms with E-state index in [9.17, 15) is 9.59 Å². The molecule has 2 heterocycles. The van der Waals surface area contributed by atoms with E-state index >= 15 is 0 Å². The average molecular weight is 424 g/mol. The lowest BCUT2D eigenvalue weighted by atomic mass is 10.1. The molecule has 4 aromatic rings. The van der Waals surface area contributed by atoms with Gasteiger partial charge >= 0.3 is 0 Å². The van der Waals surface area contributed by atoms with Gasteiger partial charge in [-0.25, -0.2) is 9.97 Å². The Hall–Kier alpha value is -2.94. The quantitative estimate of drug-likeness (QED) is 0.443. The number of thiazole rings is 2. The van der Waals surface area contributed by atoms with Gasteiger partial charge in [-0.1, -0.05) is 47.7 Å². The number of nitrogens with one attached hydrogen (secondary N) is 1. The second kappa shape index (κ2) is 8.60. The van der Waals surface area contributed by atoms with Crippen molar-refractivity contribution in [2.75, 3.05) is 12.4 Å². The van der Waals surface area contributed by atoms with E-state index in [1.54, 1.807) is 10.9 Å². The van der Waals surface area contributed by atoms with Gasteiger partial charge in [0.2, 0.25) is 0 Å². The number of carbonyl (C=O) groups excluding carboxylic acids is 2. The van der Waals surface area contributed by atoms with Crippen molar-refractivity contribution in [2.24, 2.45) is 0 Å². The maximum absolute atomic E-state index is 12.6. The summed E-state index contributed by atoms with van der Waals surface area (Å²) in [6, 6.07) is 15.0. The summed E-state index contributed by atoms with van der Waals surface area (Å²) in [5.41, 5.74) is 4.56. The fourth-order valence-corrected chi connectivity index (χ4v) is 4.44. The number of carbonyl (C=O) groups is 2. The molecule has 2 aromatic carbocycles. The van der Waals surface area contributed by atoms with Crippen molar-refractivity contribution in [3.8, 4) is 0 Å². The number of rotatable bonds is 7. The molecule has 0 aliphatic carbocycles. The van der Waals surface area contributed by atoms with Gasteiger partial charge in [0, 0.05) is 18.9 Å². The van der Waals surface area contributed by atoms with Crippen LogP contribution in [-0.2, 0) is 16.0 Å². The molecule has 0 aliphatic heterocycles. The van der Waals surface area contributed by atoms with Gasteiger partial charge in [-0.2, -0.15) is 0 Å². The van der Waals surface area contributed by atoms with Crippen molar-refractivity contribution < 1.29 is 14.3 Å². The van der Waals surface area contributed by atoms with Crippen LogP contribution in [0.3, 0.4) is 0 Å².